The largest absolute Gasteiger partial charge is 0.506 e. The number of halogens is 2. The van der Waals surface area contributed by atoms with Crippen molar-refractivity contribution in [2.75, 3.05) is 5.32 Å². The van der Waals surface area contributed by atoms with Crippen LogP contribution in [0.4, 0.5) is 10.5 Å². The number of carbonyl (C=O) groups excluding carboxylic acids is 1. The first kappa shape index (κ1) is 23.2. The quantitative estimate of drug-likeness (QED) is 0.422. The van der Waals surface area contributed by atoms with Crippen LogP contribution in [-0.2, 0) is 11.3 Å². The van der Waals surface area contributed by atoms with Crippen molar-refractivity contribution in [3.63, 3.8) is 0 Å². The van der Waals surface area contributed by atoms with E-state index in [-0.39, 0.29) is 10.8 Å². The molecule has 0 saturated carbocycles. The van der Waals surface area contributed by atoms with Gasteiger partial charge in [0.05, 0.1) is 21.6 Å². The molecule has 2 aromatic carbocycles. The summed E-state index contributed by atoms with van der Waals surface area (Å²) in [7, 11) is 0. The van der Waals surface area contributed by atoms with E-state index in [1.54, 1.807) is 12.1 Å². The Morgan fingerprint density at radius 3 is 2.58 bits per heavy atom. The second kappa shape index (κ2) is 8.97. The first-order chi connectivity index (χ1) is 14.4. The lowest BCUT2D eigenvalue weighted by Gasteiger charge is -2.19. The number of benzene rings is 2. The van der Waals surface area contributed by atoms with E-state index in [1.807, 2.05) is 37.5 Å². The van der Waals surface area contributed by atoms with Crippen molar-refractivity contribution in [3.05, 3.63) is 40.4 Å². The third-order valence-corrected chi connectivity index (χ3v) is 5.10. The van der Waals surface area contributed by atoms with Gasteiger partial charge >= 0.3 is 6.09 Å². The minimum Gasteiger partial charge on any atom is -0.506 e. The van der Waals surface area contributed by atoms with Crippen LogP contribution in [0.2, 0.25) is 10.0 Å². The number of imidazole rings is 1. The highest BCUT2D eigenvalue weighted by molar-refractivity contribution is 6.36. The molecule has 31 heavy (non-hydrogen) atoms. The van der Waals surface area contributed by atoms with E-state index < -0.39 is 11.7 Å². The number of nitrogens with one attached hydrogen (secondary N) is 1. The Kier molecular flexibility index (Phi) is 6.72. The molecular formula is C23H27Cl2N3O3. The summed E-state index contributed by atoms with van der Waals surface area (Å²) in [5.41, 5.74) is 2.00. The number of aromatic nitrogens is 2. The van der Waals surface area contributed by atoms with Crippen molar-refractivity contribution in [1.29, 1.82) is 0 Å². The molecule has 0 unspecified atom stereocenters. The Bertz CT molecular complexity index is 1120. The first-order valence-electron chi connectivity index (χ1n) is 10.1. The Morgan fingerprint density at radius 2 is 1.94 bits per heavy atom. The van der Waals surface area contributed by atoms with Crippen molar-refractivity contribution < 1.29 is 14.6 Å². The zero-order valence-corrected chi connectivity index (χ0v) is 19.8. The Balaban J connectivity index is 2.09. The molecule has 0 atom stereocenters. The lowest BCUT2D eigenvalue weighted by Crippen LogP contribution is -2.27. The van der Waals surface area contributed by atoms with Crippen molar-refractivity contribution in [2.45, 2.75) is 53.2 Å². The molecule has 0 aliphatic heterocycles. The van der Waals surface area contributed by atoms with Gasteiger partial charge in [0.2, 0.25) is 0 Å². The Morgan fingerprint density at radius 1 is 1.23 bits per heavy atom. The number of rotatable bonds is 5. The molecular weight excluding hydrogens is 437 g/mol. The Labute approximate surface area is 192 Å². The van der Waals surface area contributed by atoms with Gasteiger partial charge in [-0.05, 0) is 63.4 Å². The normalized spacial score (nSPS) is 11.9. The van der Waals surface area contributed by atoms with Crippen LogP contribution in [0.5, 0.6) is 5.75 Å². The summed E-state index contributed by atoms with van der Waals surface area (Å²) in [6.07, 6.45) is 0.372. The highest BCUT2D eigenvalue weighted by atomic mass is 35.5. The van der Waals surface area contributed by atoms with Crippen molar-refractivity contribution in [1.82, 2.24) is 9.55 Å². The zero-order chi connectivity index (χ0) is 22.9. The molecule has 0 fully saturated rings. The molecule has 3 rings (SSSR count). The first-order valence-corrected chi connectivity index (χ1v) is 10.9. The number of ether oxygens (including phenoxy) is 1. The Hall–Kier alpha value is -2.44. The number of anilines is 1. The van der Waals surface area contributed by atoms with Crippen LogP contribution in [0.15, 0.2) is 30.3 Å². The van der Waals surface area contributed by atoms with Crippen LogP contribution >= 0.6 is 23.2 Å². The molecule has 0 saturated heterocycles. The van der Waals surface area contributed by atoms with Crippen LogP contribution in [0.25, 0.3) is 22.4 Å². The van der Waals surface area contributed by atoms with E-state index in [2.05, 4.69) is 19.2 Å². The van der Waals surface area contributed by atoms with Gasteiger partial charge in [0.1, 0.15) is 17.2 Å². The maximum absolute atomic E-state index is 12.2. The van der Waals surface area contributed by atoms with Gasteiger partial charge < -0.3 is 14.4 Å². The summed E-state index contributed by atoms with van der Waals surface area (Å²) >= 11 is 12.3. The molecule has 0 aliphatic carbocycles. The minimum atomic E-state index is -0.593. The monoisotopic (exact) mass is 463 g/mol. The van der Waals surface area contributed by atoms with E-state index in [1.165, 1.54) is 6.07 Å². The fraction of sp³-hybridized carbons (Fsp3) is 0.391. The third-order valence-electron chi connectivity index (χ3n) is 4.59. The van der Waals surface area contributed by atoms with Gasteiger partial charge in [-0.1, -0.05) is 37.0 Å². The van der Waals surface area contributed by atoms with Crippen LogP contribution in [0.3, 0.4) is 0 Å². The fourth-order valence-electron chi connectivity index (χ4n) is 3.18. The molecule has 3 aromatic rings. The number of fused-ring (bicyclic) bond motifs is 1. The van der Waals surface area contributed by atoms with E-state index in [0.717, 1.165) is 17.5 Å². The zero-order valence-electron chi connectivity index (χ0n) is 18.3. The van der Waals surface area contributed by atoms with Gasteiger partial charge in [-0.2, -0.15) is 0 Å². The summed E-state index contributed by atoms with van der Waals surface area (Å²) in [5, 5.41) is 13.9. The third kappa shape index (κ3) is 5.63. The van der Waals surface area contributed by atoms with Gasteiger partial charge in [0, 0.05) is 17.3 Å². The van der Waals surface area contributed by atoms with Crippen molar-refractivity contribution in [2.24, 2.45) is 5.92 Å². The lowest BCUT2D eigenvalue weighted by molar-refractivity contribution is 0.0636. The number of phenols is 1. The molecule has 2 N–H and O–H groups in total. The second-order valence-electron chi connectivity index (χ2n) is 8.88. The van der Waals surface area contributed by atoms with E-state index in [4.69, 9.17) is 32.9 Å². The van der Waals surface area contributed by atoms with E-state index in [0.29, 0.717) is 34.6 Å². The summed E-state index contributed by atoms with van der Waals surface area (Å²) < 4.78 is 7.36. The highest BCUT2D eigenvalue weighted by Gasteiger charge is 2.20. The SMILES string of the molecule is CC(C)CCn1c(-c2cc(Cl)cc(Cl)c2O)nc2ccc(NC(=O)OC(C)(C)C)cc21. The molecule has 0 bridgehead atoms. The standard InChI is InChI=1S/C23H27Cl2N3O3/c1-13(2)8-9-28-19-12-15(26-22(30)31-23(3,4)5)6-7-18(19)27-21(28)16-10-14(24)11-17(25)20(16)29/h6-7,10-13,29H,8-9H2,1-5H3,(H,26,30). The molecule has 1 amide bonds. The molecule has 0 aliphatic rings. The summed E-state index contributed by atoms with van der Waals surface area (Å²) in [6.45, 7) is 10.4. The number of aromatic hydroxyl groups is 1. The summed E-state index contributed by atoms with van der Waals surface area (Å²) in [4.78, 5) is 16.9. The van der Waals surface area contributed by atoms with Gasteiger partial charge in [0.15, 0.2) is 0 Å². The second-order valence-corrected chi connectivity index (χ2v) is 9.73. The number of hydrogen-bond acceptors (Lipinski definition) is 4. The van der Waals surface area contributed by atoms with Crippen LogP contribution < -0.4 is 5.32 Å². The van der Waals surface area contributed by atoms with E-state index in [9.17, 15) is 9.90 Å². The fourth-order valence-corrected chi connectivity index (χ4v) is 3.67. The summed E-state index contributed by atoms with van der Waals surface area (Å²) in [6, 6.07) is 8.57. The van der Waals surface area contributed by atoms with Crippen molar-refractivity contribution >= 4 is 46.0 Å². The number of aryl methyl sites for hydroxylation is 1. The molecule has 1 aromatic heterocycles. The minimum absolute atomic E-state index is 0.0701. The summed E-state index contributed by atoms with van der Waals surface area (Å²) in [5.74, 6) is 0.955. The molecule has 1 heterocycles. The highest BCUT2D eigenvalue weighted by Crippen LogP contribution is 2.39. The predicted molar refractivity (Wildman–Crippen MR) is 126 cm³/mol. The molecule has 0 spiro atoms. The number of amides is 1. The number of phenolic OH excluding ortho intramolecular Hbond substituents is 1. The maximum atomic E-state index is 12.2. The lowest BCUT2D eigenvalue weighted by atomic mass is 10.1. The van der Waals surface area contributed by atoms with Gasteiger partial charge in [0.25, 0.3) is 0 Å². The molecule has 6 nitrogen and oxygen atoms in total. The number of nitrogens with zero attached hydrogens (tertiary/aromatic N) is 2. The van der Waals surface area contributed by atoms with E-state index >= 15 is 0 Å². The van der Waals surface area contributed by atoms with Gasteiger partial charge in [-0.3, -0.25) is 5.32 Å². The van der Waals surface area contributed by atoms with Crippen LogP contribution in [0, 0.1) is 5.92 Å². The number of carbonyl (C=O) groups is 1. The maximum Gasteiger partial charge on any atom is 0.412 e. The van der Waals surface area contributed by atoms with Crippen LogP contribution in [-0.4, -0.2) is 26.4 Å². The molecule has 8 heteroatoms. The van der Waals surface area contributed by atoms with Gasteiger partial charge in [-0.15, -0.1) is 0 Å². The predicted octanol–water partition coefficient (Wildman–Crippen LogP) is 7.11. The van der Waals surface area contributed by atoms with Gasteiger partial charge in [-0.25, -0.2) is 9.78 Å². The smallest absolute Gasteiger partial charge is 0.412 e. The average molecular weight is 464 g/mol. The molecule has 166 valence electrons. The topological polar surface area (TPSA) is 76.4 Å². The molecule has 0 radical (unpaired) electrons. The van der Waals surface area contributed by atoms with Crippen LogP contribution in [0.1, 0.15) is 41.0 Å². The average Bonchev–Trinajstić information content (AvgIpc) is 2.99. The number of hydrogen-bond donors (Lipinski definition) is 2. The van der Waals surface area contributed by atoms with Crippen molar-refractivity contribution in [3.8, 4) is 17.1 Å².